The van der Waals surface area contributed by atoms with Crippen molar-refractivity contribution in [2.24, 2.45) is 0 Å². The van der Waals surface area contributed by atoms with E-state index < -0.39 is 0 Å². The molecule has 1 atom stereocenters. The van der Waals surface area contributed by atoms with E-state index in [2.05, 4.69) is 46.0 Å². The number of likely N-dealkylation sites (N-methyl/N-ethyl adjacent to an activating group) is 1. The lowest BCUT2D eigenvalue weighted by Gasteiger charge is -2.18. The van der Waals surface area contributed by atoms with E-state index in [1.165, 1.54) is 11.4 Å². The van der Waals surface area contributed by atoms with Crippen LogP contribution in [0.25, 0.3) is 0 Å². The number of imidazole rings is 1. The van der Waals surface area contributed by atoms with Gasteiger partial charge in [0.1, 0.15) is 5.82 Å². The summed E-state index contributed by atoms with van der Waals surface area (Å²) in [7, 11) is 0. The Bertz CT molecular complexity index is 492. The molecular weight excluding hydrogens is 248 g/mol. The number of rotatable bonds is 8. The summed E-state index contributed by atoms with van der Waals surface area (Å²) in [5, 5.41) is 3.56. The SMILES string of the molecule is CCCn1ccnc1CC(Cc1cccnc1)NCC. The van der Waals surface area contributed by atoms with Gasteiger partial charge in [0.15, 0.2) is 0 Å². The first-order valence-corrected chi connectivity index (χ1v) is 7.45. The molecule has 2 aromatic rings. The first-order valence-electron chi connectivity index (χ1n) is 7.45. The molecule has 0 saturated carbocycles. The molecule has 0 spiro atoms. The maximum atomic E-state index is 4.51. The van der Waals surface area contributed by atoms with Gasteiger partial charge >= 0.3 is 0 Å². The van der Waals surface area contributed by atoms with E-state index in [0.29, 0.717) is 6.04 Å². The van der Waals surface area contributed by atoms with Gasteiger partial charge in [-0.3, -0.25) is 4.98 Å². The second kappa shape index (κ2) is 7.80. The Hall–Kier alpha value is -1.68. The number of nitrogens with one attached hydrogen (secondary N) is 1. The molecule has 0 aliphatic heterocycles. The second-order valence-electron chi connectivity index (χ2n) is 5.06. The van der Waals surface area contributed by atoms with E-state index in [1.54, 1.807) is 0 Å². The molecule has 0 aliphatic carbocycles. The molecule has 0 aromatic carbocycles. The number of aromatic nitrogens is 3. The molecule has 2 rings (SSSR count). The van der Waals surface area contributed by atoms with Crippen LogP contribution in [0.15, 0.2) is 36.9 Å². The monoisotopic (exact) mass is 272 g/mol. The molecule has 0 aliphatic rings. The molecular formula is C16H24N4. The van der Waals surface area contributed by atoms with E-state index in [0.717, 1.165) is 32.4 Å². The van der Waals surface area contributed by atoms with Crippen LogP contribution in [-0.4, -0.2) is 27.1 Å². The summed E-state index contributed by atoms with van der Waals surface area (Å²) in [6.45, 7) is 6.36. The fourth-order valence-corrected chi connectivity index (χ4v) is 2.50. The van der Waals surface area contributed by atoms with Gasteiger partial charge < -0.3 is 9.88 Å². The fourth-order valence-electron chi connectivity index (χ4n) is 2.50. The van der Waals surface area contributed by atoms with E-state index in [9.17, 15) is 0 Å². The quantitative estimate of drug-likeness (QED) is 0.802. The summed E-state index contributed by atoms with van der Waals surface area (Å²) in [4.78, 5) is 8.70. The number of nitrogens with zero attached hydrogens (tertiary/aromatic N) is 3. The van der Waals surface area contributed by atoms with E-state index in [4.69, 9.17) is 0 Å². The minimum atomic E-state index is 0.405. The minimum absolute atomic E-state index is 0.405. The summed E-state index contributed by atoms with van der Waals surface area (Å²) >= 11 is 0. The van der Waals surface area contributed by atoms with Crippen LogP contribution in [-0.2, 0) is 19.4 Å². The zero-order chi connectivity index (χ0) is 14.2. The maximum Gasteiger partial charge on any atom is 0.110 e. The number of aryl methyl sites for hydroxylation is 1. The first-order chi connectivity index (χ1) is 9.83. The smallest absolute Gasteiger partial charge is 0.110 e. The molecule has 2 heterocycles. The van der Waals surface area contributed by atoms with Crippen LogP contribution < -0.4 is 5.32 Å². The Morgan fingerprint density at radius 3 is 2.85 bits per heavy atom. The maximum absolute atomic E-state index is 4.51. The molecule has 2 aromatic heterocycles. The summed E-state index contributed by atoms with van der Waals surface area (Å²) in [5.74, 6) is 1.17. The van der Waals surface area contributed by atoms with Crippen molar-refractivity contribution < 1.29 is 0 Å². The summed E-state index contributed by atoms with van der Waals surface area (Å²) in [6, 6.07) is 4.54. The third kappa shape index (κ3) is 4.17. The molecule has 20 heavy (non-hydrogen) atoms. The Labute approximate surface area is 121 Å². The number of hydrogen-bond acceptors (Lipinski definition) is 3. The molecule has 0 amide bonds. The Kier molecular flexibility index (Phi) is 5.74. The minimum Gasteiger partial charge on any atom is -0.335 e. The Morgan fingerprint density at radius 2 is 2.15 bits per heavy atom. The average Bonchev–Trinajstić information content (AvgIpc) is 2.88. The van der Waals surface area contributed by atoms with Crippen molar-refractivity contribution >= 4 is 0 Å². The van der Waals surface area contributed by atoms with E-state index in [-0.39, 0.29) is 0 Å². The molecule has 0 radical (unpaired) electrons. The molecule has 108 valence electrons. The van der Waals surface area contributed by atoms with Crippen molar-refractivity contribution in [2.45, 2.75) is 45.7 Å². The summed E-state index contributed by atoms with van der Waals surface area (Å²) in [5.41, 5.74) is 1.27. The van der Waals surface area contributed by atoms with Crippen molar-refractivity contribution in [2.75, 3.05) is 6.54 Å². The van der Waals surface area contributed by atoms with Crippen LogP contribution in [0.5, 0.6) is 0 Å². The highest BCUT2D eigenvalue weighted by molar-refractivity contribution is 5.11. The van der Waals surface area contributed by atoms with Crippen LogP contribution in [0.2, 0.25) is 0 Å². The predicted molar refractivity (Wildman–Crippen MR) is 81.6 cm³/mol. The van der Waals surface area contributed by atoms with Gasteiger partial charge in [0.05, 0.1) is 0 Å². The largest absolute Gasteiger partial charge is 0.335 e. The zero-order valence-corrected chi connectivity index (χ0v) is 12.4. The molecule has 4 heteroatoms. The highest BCUT2D eigenvalue weighted by atomic mass is 15.1. The van der Waals surface area contributed by atoms with Crippen LogP contribution in [0, 0.1) is 0 Å². The molecule has 4 nitrogen and oxygen atoms in total. The van der Waals surface area contributed by atoms with Crippen LogP contribution >= 0.6 is 0 Å². The molecule has 1 N–H and O–H groups in total. The van der Waals surface area contributed by atoms with Crippen molar-refractivity contribution in [1.29, 1.82) is 0 Å². The van der Waals surface area contributed by atoms with Crippen molar-refractivity contribution in [3.8, 4) is 0 Å². The predicted octanol–water partition coefficient (Wildman–Crippen LogP) is 2.45. The summed E-state index contributed by atoms with van der Waals surface area (Å²) < 4.78 is 2.26. The third-order valence-corrected chi connectivity index (χ3v) is 3.39. The second-order valence-corrected chi connectivity index (χ2v) is 5.06. The molecule has 0 saturated heterocycles. The van der Waals surface area contributed by atoms with Crippen molar-refractivity contribution in [1.82, 2.24) is 19.9 Å². The van der Waals surface area contributed by atoms with E-state index >= 15 is 0 Å². The van der Waals surface area contributed by atoms with Gasteiger partial charge in [-0.05, 0) is 31.0 Å². The van der Waals surface area contributed by atoms with Gasteiger partial charge in [0.2, 0.25) is 0 Å². The summed E-state index contributed by atoms with van der Waals surface area (Å²) in [6.07, 6.45) is 10.8. The van der Waals surface area contributed by atoms with Gasteiger partial charge in [-0.1, -0.05) is 19.9 Å². The van der Waals surface area contributed by atoms with Gasteiger partial charge in [0.25, 0.3) is 0 Å². The molecule has 0 bridgehead atoms. The van der Waals surface area contributed by atoms with E-state index in [1.807, 2.05) is 24.7 Å². The van der Waals surface area contributed by atoms with Crippen LogP contribution in [0.3, 0.4) is 0 Å². The molecule has 1 unspecified atom stereocenters. The fraction of sp³-hybridized carbons (Fsp3) is 0.500. The van der Waals surface area contributed by atoms with Gasteiger partial charge in [-0.15, -0.1) is 0 Å². The van der Waals surface area contributed by atoms with Gasteiger partial charge in [0, 0.05) is 43.8 Å². The lowest BCUT2D eigenvalue weighted by atomic mass is 10.0. The normalized spacial score (nSPS) is 12.5. The number of hydrogen-bond donors (Lipinski definition) is 1. The Balaban J connectivity index is 2.03. The average molecular weight is 272 g/mol. The highest BCUT2D eigenvalue weighted by Gasteiger charge is 2.13. The lowest BCUT2D eigenvalue weighted by Crippen LogP contribution is -2.34. The third-order valence-electron chi connectivity index (χ3n) is 3.39. The van der Waals surface area contributed by atoms with Crippen molar-refractivity contribution in [3.05, 3.63) is 48.3 Å². The topological polar surface area (TPSA) is 42.7 Å². The van der Waals surface area contributed by atoms with Gasteiger partial charge in [-0.2, -0.15) is 0 Å². The molecule has 0 fully saturated rings. The van der Waals surface area contributed by atoms with Gasteiger partial charge in [-0.25, -0.2) is 4.98 Å². The van der Waals surface area contributed by atoms with Crippen LogP contribution in [0.1, 0.15) is 31.7 Å². The lowest BCUT2D eigenvalue weighted by molar-refractivity contribution is 0.494. The Morgan fingerprint density at radius 1 is 1.25 bits per heavy atom. The first kappa shape index (κ1) is 14.7. The van der Waals surface area contributed by atoms with Crippen LogP contribution in [0.4, 0.5) is 0 Å². The number of pyridine rings is 1. The van der Waals surface area contributed by atoms with Crippen molar-refractivity contribution in [3.63, 3.8) is 0 Å². The highest BCUT2D eigenvalue weighted by Crippen LogP contribution is 2.08. The zero-order valence-electron chi connectivity index (χ0n) is 12.4. The standard InChI is InChI=1S/C16H24N4/c1-3-9-20-10-8-19-16(20)12-15(18-4-2)11-14-6-5-7-17-13-14/h5-8,10,13,15,18H,3-4,9,11-12H2,1-2H3.